The van der Waals surface area contributed by atoms with Gasteiger partial charge in [-0.25, -0.2) is 13.2 Å². The predicted molar refractivity (Wildman–Crippen MR) is 91.7 cm³/mol. The average Bonchev–Trinajstić information content (AvgIpc) is 2.56. The van der Waals surface area contributed by atoms with Crippen LogP contribution in [0.15, 0.2) is 41.3 Å². The molecular weight excluding hydrogens is 395 g/mol. The van der Waals surface area contributed by atoms with Gasteiger partial charge in [0.15, 0.2) is 0 Å². The Hall–Kier alpha value is -2.36. The lowest BCUT2D eigenvalue weighted by atomic mass is 10.2. The molecule has 25 heavy (non-hydrogen) atoms. The topological polar surface area (TPSA) is 116 Å². The quantitative estimate of drug-likeness (QED) is 0.463. The van der Waals surface area contributed by atoms with E-state index in [9.17, 15) is 23.3 Å². The number of benzene rings is 2. The minimum Gasteiger partial charge on any atom is -0.465 e. The number of nitro groups is 1. The maximum atomic E-state index is 12.5. The van der Waals surface area contributed by atoms with E-state index in [1.165, 1.54) is 18.2 Å². The van der Waals surface area contributed by atoms with Crippen molar-refractivity contribution in [1.29, 1.82) is 0 Å². The highest BCUT2D eigenvalue weighted by molar-refractivity contribution is 7.92. The van der Waals surface area contributed by atoms with Crippen LogP contribution in [0.25, 0.3) is 0 Å². The Kier molecular flexibility index (Phi) is 5.51. The van der Waals surface area contributed by atoms with E-state index in [0.29, 0.717) is 0 Å². The monoisotopic (exact) mass is 404 g/mol. The lowest BCUT2D eigenvalue weighted by molar-refractivity contribution is -0.384. The summed E-state index contributed by atoms with van der Waals surface area (Å²) in [6, 6.07) is 6.73. The van der Waals surface area contributed by atoms with Gasteiger partial charge in [0, 0.05) is 12.1 Å². The fraction of sp³-hybridized carbons (Fsp3) is 0.0714. The van der Waals surface area contributed by atoms with E-state index in [1.807, 2.05) is 0 Å². The molecule has 0 fully saturated rings. The zero-order valence-corrected chi connectivity index (χ0v) is 14.9. The second-order valence-electron chi connectivity index (χ2n) is 4.66. The van der Waals surface area contributed by atoms with Gasteiger partial charge >= 0.3 is 5.97 Å². The molecule has 0 aliphatic heterocycles. The number of esters is 1. The Morgan fingerprint density at radius 3 is 2.40 bits per heavy atom. The zero-order valence-electron chi connectivity index (χ0n) is 12.5. The zero-order chi connectivity index (χ0) is 18.8. The van der Waals surface area contributed by atoms with Gasteiger partial charge in [0.1, 0.15) is 0 Å². The molecule has 0 radical (unpaired) electrons. The molecule has 2 rings (SSSR count). The Morgan fingerprint density at radius 2 is 1.80 bits per heavy atom. The summed E-state index contributed by atoms with van der Waals surface area (Å²) < 4.78 is 31.6. The highest BCUT2D eigenvalue weighted by atomic mass is 35.5. The van der Waals surface area contributed by atoms with E-state index in [4.69, 9.17) is 23.2 Å². The Bertz CT molecular complexity index is 962. The number of rotatable bonds is 5. The maximum absolute atomic E-state index is 12.5. The third-order valence-corrected chi connectivity index (χ3v) is 5.08. The van der Waals surface area contributed by atoms with E-state index < -0.39 is 20.9 Å². The van der Waals surface area contributed by atoms with Crippen molar-refractivity contribution >= 4 is 50.6 Å². The summed E-state index contributed by atoms with van der Waals surface area (Å²) in [7, 11) is -3.06. The van der Waals surface area contributed by atoms with Gasteiger partial charge in [-0.3, -0.25) is 14.8 Å². The maximum Gasteiger partial charge on any atom is 0.339 e. The van der Waals surface area contributed by atoms with Crippen LogP contribution in [0.1, 0.15) is 10.4 Å². The van der Waals surface area contributed by atoms with Gasteiger partial charge in [-0.15, -0.1) is 0 Å². The summed E-state index contributed by atoms with van der Waals surface area (Å²) >= 11 is 11.7. The van der Waals surface area contributed by atoms with Crippen molar-refractivity contribution in [2.75, 3.05) is 11.8 Å². The molecule has 11 heteroatoms. The number of hydrogen-bond donors (Lipinski definition) is 1. The number of halogens is 2. The van der Waals surface area contributed by atoms with Crippen LogP contribution >= 0.6 is 23.2 Å². The van der Waals surface area contributed by atoms with Crippen LogP contribution < -0.4 is 4.72 Å². The largest absolute Gasteiger partial charge is 0.465 e. The minimum absolute atomic E-state index is 0.0131. The normalized spacial score (nSPS) is 11.0. The van der Waals surface area contributed by atoms with Crippen LogP contribution in [-0.4, -0.2) is 26.4 Å². The summed E-state index contributed by atoms with van der Waals surface area (Å²) in [4.78, 5) is 21.5. The van der Waals surface area contributed by atoms with E-state index in [-0.39, 0.29) is 31.9 Å². The van der Waals surface area contributed by atoms with Crippen LogP contribution in [0, 0.1) is 10.1 Å². The van der Waals surface area contributed by atoms with Crippen LogP contribution in [0.3, 0.4) is 0 Å². The smallest absolute Gasteiger partial charge is 0.339 e. The number of hydrogen-bond acceptors (Lipinski definition) is 6. The Labute approximate surface area is 152 Å². The Balaban J connectivity index is 2.45. The number of non-ortho nitro benzene ring substituents is 1. The van der Waals surface area contributed by atoms with Crippen LogP contribution in [0.5, 0.6) is 0 Å². The van der Waals surface area contributed by atoms with Gasteiger partial charge in [-0.2, -0.15) is 0 Å². The standard InChI is InChI=1S/C14H10Cl2N2O6S/c1-24-14(19)10-7-9(3-5-11(10)15)25(22,23)17-13-6-8(18(20)21)2-4-12(13)16/h2-7,17H,1H3. The molecule has 0 amide bonds. The number of nitrogens with one attached hydrogen (secondary N) is 1. The number of methoxy groups -OCH3 is 1. The van der Waals surface area contributed by atoms with E-state index in [2.05, 4.69) is 9.46 Å². The summed E-state index contributed by atoms with van der Waals surface area (Å²) in [5, 5.41) is 10.8. The molecule has 2 aromatic rings. The first-order valence-corrected chi connectivity index (χ1v) is 8.74. The molecule has 0 aromatic heterocycles. The van der Waals surface area contributed by atoms with Crippen molar-refractivity contribution in [3.63, 3.8) is 0 Å². The summed E-state index contributed by atoms with van der Waals surface area (Å²) in [6.45, 7) is 0. The number of sulfonamides is 1. The lowest BCUT2D eigenvalue weighted by Crippen LogP contribution is -2.14. The predicted octanol–water partition coefficient (Wildman–Crippen LogP) is 3.49. The number of ether oxygens (including phenoxy) is 1. The third-order valence-electron chi connectivity index (χ3n) is 3.06. The van der Waals surface area contributed by atoms with Crippen LogP contribution in [0.2, 0.25) is 10.0 Å². The van der Waals surface area contributed by atoms with Crippen molar-refractivity contribution in [2.45, 2.75) is 4.90 Å². The summed E-state index contributed by atoms with van der Waals surface area (Å²) in [5.41, 5.74) is -0.656. The molecule has 0 aliphatic rings. The Morgan fingerprint density at radius 1 is 1.16 bits per heavy atom. The van der Waals surface area contributed by atoms with Gasteiger partial charge in [-0.05, 0) is 24.3 Å². The first-order valence-electron chi connectivity index (χ1n) is 6.50. The van der Waals surface area contributed by atoms with Crippen molar-refractivity contribution in [2.24, 2.45) is 0 Å². The number of carbonyl (C=O) groups is 1. The number of carbonyl (C=O) groups excluding carboxylic acids is 1. The first kappa shape index (κ1) is 19.0. The van der Waals surface area contributed by atoms with Crippen LogP contribution in [0.4, 0.5) is 11.4 Å². The highest BCUT2D eigenvalue weighted by Gasteiger charge is 2.21. The molecule has 0 unspecified atom stereocenters. The second-order valence-corrected chi connectivity index (χ2v) is 7.16. The van der Waals surface area contributed by atoms with Crippen molar-refractivity contribution in [3.05, 3.63) is 62.1 Å². The molecular formula is C14H10Cl2N2O6S. The van der Waals surface area contributed by atoms with Gasteiger partial charge in [0.2, 0.25) is 0 Å². The first-order chi connectivity index (χ1) is 11.7. The third kappa shape index (κ3) is 4.19. The lowest BCUT2D eigenvalue weighted by Gasteiger charge is -2.11. The van der Waals surface area contributed by atoms with Crippen LogP contribution in [-0.2, 0) is 14.8 Å². The van der Waals surface area contributed by atoms with E-state index in [1.54, 1.807) is 0 Å². The second kappa shape index (κ2) is 7.26. The van der Waals surface area contributed by atoms with Gasteiger partial charge < -0.3 is 4.74 Å². The fourth-order valence-electron chi connectivity index (χ4n) is 1.85. The fourth-order valence-corrected chi connectivity index (χ4v) is 3.36. The molecule has 2 aromatic carbocycles. The highest BCUT2D eigenvalue weighted by Crippen LogP contribution is 2.29. The van der Waals surface area contributed by atoms with Crippen molar-refractivity contribution < 1.29 is 22.9 Å². The molecule has 132 valence electrons. The summed E-state index contributed by atoms with van der Waals surface area (Å²) in [6.07, 6.45) is 0. The van der Waals surface area contributed by atoms with E-state index in [0.717, 1.165) is 25.3 Å². The van der Waals surface area contributed by atoms with Gasteiger partial charge in [-0.1, -0.05) is 23.2 Å². The molecule has 1 N–H and O–H groups in total. The number of nitrogens with zero attached hydrogens (tertiary/aromatic N) is 1. The van der Waals surface area contributed by atoms with Crippen molar-refractivity contribution in [3.8, 4) is 0 Å². The average molecular weight is 405 g/mol. The number of anilines is 1. The molecule has 0 saturated heterocycles. The minimum atomic E-state index is -4.18. The molecule has 8 nitrogen and oxygen atoms in total. The molecule has 0 atom stereocenters. The molecule has 0 spiro atoms. The molecule has 0 aliphatic carbocycles. The number of nitro benzene ring substituents is 1. The molecule has 0 bridgehead atoms. The summed E-state index contributed by atoms with van der Waals surface area (Å²) in [5.74, 6) is -0.810. The van der Waals surface area contributed by atoms with Gasteiger partial charge in [0.25, 0.3) is 15.7 Å². The van der Waals surface area contributed by atoms with Crippen molar-refractivity contribution in [1.82, 2.24) is 0 Å². The van der Waals surface area contributed by atoms with E-state index >= 15 is 0 Å². The SMILES string of the molecule is COC(=O)c1cc(S(=O)(=O)Nc2cc([N+](=O)[O-])ccc2Cl)ccc1Cl. The molecule has 0 heterocycles. The molecule has 0 saturated carbocycles. The van der Waals surface area contributed by atoms with Gasteiger partial charge in [0.05, 0.1) is 38.2 Å².